The van der Waals surface area contributed by atoms with Gasteiger partial charge in [-0.15, -0.1) is 0 Å². The van der Waals surface area contributed by atoms with Crippen molar-refractivity contribution in [2.75, 3.05) is 18.9 Å². The largest absolute Gasteiger partial charge is 0.493 e. The lowest BCUT2D eigenvalue weighted by Crippen LogP contribution is -2.14. The lowest BCUT2D eigenvalue weighted by atomic mass is 10.1. The fraction of sp³-hybridized carbons (Fsp3) is 0.222. The summed E-state index contributed by atoms with van der Waals surface area (Å²) in [5.74, 6) is 1.66. The van der Waals surface area contributed by atoms with Gasteiger partial charge in [0.15, 0.2) is 11.5 Å². The Labute approximate surface area is 157 Å². The van der Waals surface area contributed by atoms with Crippen molar-refractivity contribution < 1.29 is 22.4 Å². The van der Waals surface area contributed by atoms with E-state index in [1.165, 1.54) is 20.3 Å². The first-order valence-corrected chi connectivity index (χ1v) is 9.48. The van der Waals surface area contributed by atoms with Gasteiger partial charge in [0.05, 0.1) is 24.8 Å². The third-order valence-electron chi connectivity index (χ3n) is 3.90. The van der Waals surface area contributed by atoms with Crippen LogP contribution in [0.25, 0.3) is 11.4 Å². The van der Waals surface area contributed by atoms with Crippen LogP contribution in [-0.2, 0) is 10.0 Å². The topological polar surface area (TPSA) is 104 Å². The Morgan fingerprint density at radius 1 is 1.00 bits per heavy atom. The summed E-state index contributed by atoms with van der Waals surface area (Å²) >= 11 is 0. The Balaban J connectivity index is 1.97. The van der Waals surface area contributed by atoms with Gasteiger partial charge < -0.3 is 14.0 Å². The van der Waals surface area contributed by atoms with Crippen molar-refractivity contribution >= 4 is 15.7 Å². The molecule has 0 amide bonds. The van der Waals surface area contributed by atoms with E-state index in [0.29, 0.717) is 40.0 Å². The normalized spacial score (nSPS) is 11.3. The molecule has 27 heavy (non-hydrogen) atoms. The molecule has 2 aromatic carbocycles. The van der Waals surface area contributed by atoms with Crippen molar-refractivity contribution in [3.8, 4) is 22.9 Å². The smallest absolute Gasteiger partial charge is 0.262 e. The number of rotatable bonds is 6. The molecule has 1 N–H and O–H groups in total. The maximum absolute atomic E-state index is 12.9. The fourth-order valence-electron chi connectivity index (χ4n) is 2.56. The van der Waals surface area contributed by atoms with Gasteiger partial charge in [-0.2, -0.15) is 4.98 Å². The lowest BCUT2D eigenvalue weighted by Gasteiger charge is -2.13. The second kappa shape index (κ2) is 7.28. The summed E-state index contributed by atoms with van der Waals surface area (Å²) in [6.45, 7) is 3.38. The van der Waals surface area contributed by atoms with Gasteiger partial charge in [-0.25, -0.2) is 8.42 Å². The number of benzene rings is 2. The number of ether oxygens (including phenoxy) is 2. The third-order valence-corrected chi connectivity index (χ3v) is 5.42. The molecule has 0 radical (unpaired) electrons. The van der Waals surface area contributed by atoms with Crippen molar-refractivity contribution in [2.24, 2.45) is 0 Å². The van der Waals surface area contributed by atoms with E-state index >= 15 is 0 Å². The minimum Gasteiger partial charge on any atom is -0.493 e. The van der Waals surface area contributed by atoms with Crippen LogP contribution in [0.3, 0.4) is 0 Å². The molecule has 0 aliphatic carbocycles. The van der Waals surface area contributed by atoms with E-state index in [4.69, 9.17) is 14.0 Å². The van der Waals surface area contributed by atoms with E-state index in [0.717, 1.165) is 0 Å². The number of anilines is 1. The monoisotopic (exact) mass is 389 g/mol. The van der Waals surface area contributed by atoms with Crippen LogP contribution in [0.4, 0.5) is 5.69 Å². The summed E-state index contributed by atoms with van der Waals surface area (Å²) in [4.78, 5) is 4.26. The van der Waals surface area contributed by atoms with E-state index in [-0.39, 0.29) is 4.90 Å². The number of hydrogen-bond donors (Lipinski definition) is 1. The van der Waals surface area contributed by atoms with Crippen molar-refractivity contribution in [3.05, 3.63) is 47.9 Å². The molecule has 0 atom stereocenters. The average Bonchev–Trinajstić information content (AvgIpc) is 3.07. The molecule has 8 nitrogen and oxygen atoms in total. The molecule has 0 fully saturated rings. The van der Waals surface area contributed by atoms with E-state index in [9.17, 15) is 8.42 Å². The molecule has 0 bridgehead atoms. The molecule has 1 aromatic heterocycles. The minimum absolute atomic E-state index is 0.122. The van der Waals surface area contributed by atoms with Gasteiger partial charge in [0.2, 0.25) is 11.7 Å². The summed E-state index contributed by atoms with van der Waals surface area (Å²) in [6.07, 6.45) is 0. The van der Waals surface area contributed by atoms with Crippen LogP contribution < -0.4 is 14.2 Å². The standard InChI is InChI=1S/C18H19N3O5S/c1-11-5-6-13(18-19-12(2)26-20-18)9-17(11)27(22,23)21-14-7-8-15(24-3)16(10-14)25-4/h5-10,21H,1-4H3. The van der Waals surface area contributed by atoms with Crippen LogP contribution in [0, 0.1) is 13.8 Å². The number of nitrogens with one attached hydrogen (secondary N) is 1. The fourth-order valence-corrected chi connectivity index (χ4v) is 3.88. The van der Waals surface area contributed by atoms with E-state index in [2.05, 4.69) is 14.9 Å². The highest BCUT2D eigenvalue weighted by atomic mass is 32.2. The summed E-state index contributed by atoms with van der Waals surface area (Å²) < 4.78 is 43.7. The third kappa shape index (κ3) is 3.87. The molecule has 0 spiro atoms. The van der Waals surface area contributed by atoms with Crippen molar-refractivity contribution in [1.29, 1.82) is 0 Å². The highest BCUT2D eigenvalue weighted by Gasteiger charge is 2.20. The quantitative estimate of drug-likeness (QED) is 0.690. The van der Waals surface area contributed by atoms with Crippen LogP contribution in [0.1, 0.15) is 11.5 Å². The maximum Gasteiger partial charge on any atom is 0.262 e. The number of methoxy groups -OCH3 is 2. The zero-order chi connectivity index (χ0) is 19.6. The summed E-state index contributed by atoms with van der Waals surface area (Å²) in [5.41, 5.74) is 1.49. The molecule has 9 heteroatoms. The van der Waals surface area contributed by atoms with Crippen LogP contribution in [-0.4, -0.2) is 32.8 Å². The molecule has 142 valence electrons. The van der Waals surface area contributed by atoms with Gasteiger partial charge in [0.25, 0.3) is 10.0 Å². The van der Waals surface area contributed by atoms with Gasteiger partial charge in [0.1, 0.15) is 0 Å². The van der Waals surface area contributed by atoms with Gasteiger partial charge in [-0.3, -0.25) is 4.72 Å². The first-order chi connectivity index (χ1) is 12.8. The number of nitrogens with zero attached hydrogens (tertiary/aromatic N) is 2. The molecule has 0 aliphatic rings. The molecule has 3 rings (SSSR count). The van der Waals surface area contributed by atoms with E-state index in [1.807, 2.05) is 0 Å². The highest BCUT2D eigenvalue weighted by molar-refractivity contribution is 7.92. The van der Waals surface area contributed by atoms with Gasteiger partial charge >= 0.3 is 0 Å². The molecule has 0 saturated carbocycles. The SMILES string of the molecule is COc1ccc(NS(=O)(=O)c2cc(-c3noc(C)n3)ccc2C)cc1OC. The Morgan fingerprint density at radius 3 is 2.37 bits per heavy atom. The maximum atomic E-state index is 12.9. The van der Waals surface area contributed by atoms with Crippen LogP contribution in [0.5, 0.6) is 11.5 Å². The van der Waals surface area contributed by atoms with E-state index < -0.39 is 10.0 Å². The van der Waals surface area contributed by atoms with Gasteiger partial charge in [-0.1, -0.05) is 17.3 Å². The molecule has 0 aliphatic heterocycles. The summed E-state index contributed by atoms with van der Waals surface area (Å²) in [5, 5.41) is 3.83. The number of sulfonamides is 1. The van der Waals surface area contributed by atoms with Crippen LogP contribution >= 0.6 is 0 Å². The Kier molecular flexibility index (Phi) is 5.04. The number of aryl methyl sites for hydroxylation is 2. The first-order valence-electron chi connectivity index (χ1n) is 8.00. The Hall–Kier alpha value is -3.07. The number of hydrogen-bond acceptors (Lipinski definition) is 7. The van der Waals surface area contributed by atoms with Crippen molar-refractivity contribution in [1.82, 2.24) is 10.1 Å². The predicted molar refractivity (Wildman–Crippen MR) is 99.6 cm³/mol. The lowest BCUT2D eigenvalue weighted by molar-refractivity contribution is 0.355. The molecular weight excluding hydrogens is 370 g/mol. The molecule has 3 aromatic rings. The second-order valence-electron chi connectivity index (χ2n) is 5.79. The molecular formula is C18H19N3O5S. The van der Waals surface area contributed by atoms with Gasteiger partial charge in [-0.05, 0) is 30.7 Å². The zero-order valence-corrected chi connectivity index (χ0v) is 16.1. The predicted octanol–water partition coefficient (Wildman–Crippen LogP) is 3.17. The van der Waals surface area contributed by atoms with Crippen LogP contribution in [0.2, 0.25) is 0 Å². The molecule has 0 unspecified atom stereocenters. The highest BCUT2D eigenvalue weighted by Crippen LogP contribution is 2.31. The summed E-state index contributed by atoms with van der Waals surface area (Å²) in [7, 11) is -0.852. The van der Waals surface area contributed by atoms with E-state index in [1.54, 1.807) is 44.2 Å². The van der Waals surface area contributed by atoms with Crippen LogP contribution in [0.15, 0.2) is 45.8 Å². The minimum atomic E-state index is -3.84. The first kappa shape index (κ1) is 18.7. The van der Waals surface area contributed by atoms with Gasteiger partial charge in [0, 0.05) is 18.6 Å². The number of aromatic nitrogens is 2. The molecule has 1 heterocycles. The summed E-state index contributed by atoms with van der Waals surface area (Å²) in [6, 6.07) is 9.74. The average molecular weight is 389 g/mol. The molecule has 0 saturated heterocycles. The Bertz CT molecular complexity index is 1080. The van der Waals surface area contributed by atoms with Crippen molar-refractivity contribution in [2.45, 2.75) is 18.7 Å². The van der Waals surface area contributed by atoms with Crippen molar-refractivity contribution in [3.63, 3.8) is 0 Å². The second-order valence-corrected chi connectivity index (χ2v) is 7.44. The Morgan fingerprint density at radius 2 is 1.74 bits per heavy atom. The zero-order valence-electron chi connectivity index (χ0n) is 15.3.